The molecule has 0 amide bonds. The van der Waals surface area contributed by atoms with E-state index in [1.807, 2.05) is 0 Å². The van der Waals surface area contributed by atoms with Crippen molar-refractivity contribution in [2.24, 2.45) is 0 Å². The van der Waals surface area contributed by atoms with Crippen LogP contribution in [0.3, 0.4) is 0 Å². The molecule has 2 aromatic carbocycles. The molecule has 1 heterocycles. The van der Waals surface area contributed by atoms with Gasteiger partial charge in [-0.05, 0) is 43.3 Å². The van der Waals surface area contributed by atoms with Crippen LogP contribution < -0.4 is 5.56 Å². The van der Waals surface area contributed by atoms with E-state index in [0.29, 0.717) is 26.6 Å². The molecule has 0 bridgehead atoms. The van der Waals surface area contributed by atoms with Gasteiger partial charge in [0.2, 0.25) is 0 Å². The number of nitrogens with zero attached hydrogens (tertiary/aromatic N) is 2. The number of ketones is 1. The van der Waals surface area contributed by atoms with Gasteiger partial charge in [0.05, 0.1) is 29.7 Å². The lowest BCUT2D eigenvalue weighted by Crippen LogP contribution is -2.26. The van der Waals surface area contributed by atoms with Gasteiger partial charge in [0.1, 0.15) is 0 Å². The second-order valence-electron chi connectivity index (χ2n) is 6.33. The number of para-hydroxylation sites is 1. The summed E-state index contributed by atoms with van der Waals surface area (Å²) in [4.78, 5) is 41.9. The summed E-state index contributed by atoms with van der Waals surface area (Å²) >= 11 is 7.07. The van der Waals surface area contributed by atoms with Crippen LogP contribution in [0.1, 0.15) is 23.7 Å². The summed E-state index contributed by atoms with van der Waals surface area (Å²) in [6, 6.07) is 13.6. The van der Waals surface area contributed by atoms with E-state index in [1.54, 1.807) is 55.5 Å². The van der Waals surface area contributed by atoms with Crippen molar-refractivity contribution >= 4 is 46.0 Å². The fourth-order valence-electron chi connectivity index (χ4n) is 2.80. The van der Waals surface area contributed by atoms with Crippen molar-refractivity contribution in [1.82, 2.24) is 9.55 Å². The molecule has 29 heavy (non-hydrogen) atoms. The van der Waals surface area contributed by atoms with Gasteiger partial charge < -0.3 is 4.74 Å². The van der Waals surface area contributed by atoms with E-state index in [-0.39, 0.29) is 24.3 Å². The molecule has 0 radical (unpaired) electrons. The molecule has 1 aromatic heterocycles. The van der Waals surface area contributed by atoms with Gasteiger partial charge in [0.15, 0.2) is 10.9 Å². The zero-order valence-electron chi connectivity index (χ0n) is 15.9. The molecule has 0 aliphatic rings. The fraction of sp³-hybridized carbons (Fsp3) is 0.238. The highest BCUT2D eigenvalue weighted by atomic mass is 35.5. The predicted molar refractivity (Wildman–Crippen MR) is 114 cm³/mol. The number of methoxy groups -OCH3 is 1. The van der Waals surface area contributed by atoms with E-state index < -0.39 is 11.2 Å². The Morgan fingerprint density at radius 1 is 1.17 bits per heavy atom. The molecule has 150 valence electrons. The Labute approximate surface area is 176 Å². The Morgan fingerprint density at radius 2 is 1.86 bits per heavy atom. The number of thioether (sulfide) groups is 1. The van der Waals surface area contributed by atoms with Gasteiger partial charge in [-0.25, -0.2) is 4.98 Å². The SMILES string of the molecule is COC(=O)CCn1c(SC(C)C(=O)c2ccc(Cl)cc2)nc2ccccc2c1=O. The first-order chi connectivity index (χ1) is 13.9. The highest BCUT2D eigenvalue weighted by Gasteiger charge is 2.21. The van der Waals surface area contributed by atoms with Crippen LogP contribution in [0.25, 0.3) is 10.9 Å². The van der Waals surface area contributed by atoms with Gasteiger partial charge in [-0.2, -0.15) is 0 Å². The van der Waals surface area contributed by atoms with Crippen molar-refractivity contribution in [3.05, 3.63) is 69.5 Å². The molecular weight excluding hydrogens is 412 g/mol. The first kappa shape index (κ1) is 21.1. The average molecular weight is 431 g/mol. The molecule has 0 aliphatic heterocycles. The van der Waals surface area contributed by atoms with Gasteiger partial charge in [0.25, 0.3) is 5.56 Å². The van der Waals surface area contributed by atoms with Gasteiger partial charge >= 0.3 is 5.97 Å². The maximum absolute atomic E-state index is 13.0. The molecule has 0 saturated carbocycles. The summed E-state index contributed by atoms with van der Waals surface area (Å²) in [5.41, 5.74) is 0.812. The molecule has 3 rings (SSSR count). The second-order valence-corrected chi connectivity index (χ2v) is 8.07. The van der Waals surface area contributed by atoms with Crippen molar-refractivity contribution in [3.8, 4) is 0 Å². The third-order valence-corrected chi connectivity index (χ3v) is 5.72. The minimum absolute atomic E-state index is 0.0312. The number of carbonyl (C=O) groups is 2. The monoisotopic (exact) mass is 430 g/mol. The van der Waals surface area contributed by atoms with E-state index in [9.17, 15) is 14.4 Å². The highest BCUT2D eigenvalue weighted by Crippen LogP contribution is 2.25. The Kier molecular flexibility index (Phi) is 6.71. The smallest absolute Gasteiger partial charge is 0.307 e. The fourth-order valence-corrected chi connectivity index (χ4v) is 3.94. The van der Waals surface area contributed by atoms with Crippen LogP contribution in [-0.2, 0) is 16.1 Å². The number of Topliss-reactive ketones (excluding diaryl/α,β-unsaturated/α-hetero) is 1. The van der Waals surface area contributed by atoms with Crippen molar-refractivity contribution in [2.75, 3.05) is 7.11 Å². The third kappa shape index (κ3) is 4.86. The number of aromatic nitrogens is 2. The molecule has 0 aliphatic carbocycles. The Bertz CT molecular complexity index is 1110. The summed E-state index contributed by atoms with van der Waals surface area (Å²) in [7, 11) is 1.30. The maximum Gasteiger partial charge on any atom is 0.307 e. The number of halogens is 1. The van der Waals surface area contributed by atoms with Gasteiger partial charge in [-0.15, -0.1) is 0 Å². The van der Waals surface area contributed by atoms with Crippen LogP contribution in [0, 0.1) is 0 Å². The number of carbonyl (C=O) groups excluding carboxylic acids is 2. The van der Waals surface area contributed by atoms with Crippen molar-refractivity contribution < 1.29 is 14.3 Å². The van der Waals surface area contributed by atoms with Crippen LogP contribution in [0.15, 0.2) is 58.5 Å². The highest BCUT2D eigenvalue weighted by molar-refractivity contribution is 8.00. The average Bonchev–Trinajstić information content (AvgIpc) is 2.73. The number of ether oxygens (including phenoxy) is 1. The van der Waals surface area contributed by atoms with Crippen molar-refractivity contribution in [3.63, 3.8) is 0 Å². The molecule has 0 fully saturated rings. The molecule has 0 spiro atoms. The van der Waals surface area contributed by atoms with Crippen molar-refractivity contribution in [1.29, 1.82) is 0 Å². The minimum Gasteiger partial charge on any atom is -0.469 e. The third-order valence-electron chi connectivity index (χ3n) is 4.37. The summed E-state index contributed by atoms with van der Waals surface area (Å²) in [5.74, 6) is -0.528. The zero-order chi connectivity index (χ0) is 21.0. The molecule has 0 N–H and O–H groups in total. The number of hydrogen-bond acceptors (Lipinski definition) is 6. The number of fused-ring (bicyclic) bond motifs is 1. The lowest BCUT2D eigenvalue weighted by molar-refractivity contribution is -0.140. The Balaban J connectivity index is 1.95. The molecular formula is C21H19ClN2O4S. The Morgan fingerprint density at radius 3 is 2.55 bits per heavy atom. The quantitative estimate of drug-likeness (QED) is 0.244. The summed E-state index contributed by atoms with van der Waals surface area (Å²) in [5, 5.41) is 0.897. The lowest BCUT2D eigenvalue weighted by Gasteiger charge is -2.15. The summed E-state index contributed by atoms with van der Waals surface area (Å²) < 4.78 is 6.11. The summed E-state index contributed by atoms with van der Waals surface area (Å²) in [6.07, 6.45) is 0.0312. The van der Waals surface area contributed by atoms with Crippen LogP contribution >= 0.6 is 23.4 Å². The normalized spacial score (nSPS) is 12.0. The second kappa shape index (κ2) is 9.24. The molecule has 1 atom stereocenters. The topological polar surface area (TPSA) is 78.3 Å². The van der Waals surface area contributed by atoms with E-state index in [4.69, 9.17) is 11.6 Å². The van der Waals surface area contributed by atoms with E-state index >= 15 is 0 Å². The van der Waals surface area contributed by atoms with Gasteiger partial charge in [-0.1, -0.05) is 35.5 Å². The van der Waals surface area contributed by atoms with E-state index in [2.05, 4.69) is 9.72 Å². The van der Waals surface area contributed by atoms with Crippen molar-refractivity contribution in [2.45, 2.75) is 30.3 Å². The minimum atomic E-state index is -0.492. The van der Waals surface area contributed by atoms with Crippen LogP contribution in [-0.4, -0.2) is 33.7 Å². The lowest BCUT2D eigenvalue weighted by atomic mass is 10.1. The number of benzene rings is 2. The zero-order valence-corrected chi connectivity index (χ0v) is 17.5. The van der Waals surface area contributed by atoms with E-state index in [1.165, 1.54) is 23.4 Å². The molecule has 3 aromatic rings. The summed E-state index contributed by atoms with van der Waals surface area (Å²) in [6.45, 7) is 1.88. The van der Waals surface area contributed by atoms with Crippen LogP contribution in [0.4, 0.5) is 0 Å². The first-order valence-electron chi connectivity index (χ1n) is 8.93. The first-order valence-corrected chi connectivity index (χ1v) is 10.2. The largest absolute Gasteiger partial charge is 0.469 e. The van der Waals surface area contributed by atoms with Gasteiger partial charge in [-0.3, -0.25) is 19.0 Å². The standard InChI is InChI=1S/C21H19ClN2O4S/c1-13(19(26)14-7-9-15(22)10-8-14)29-21-23-17-6-4-3-5-16(17)20(27)24(21)12-11-18(25)28-2/h3-10,13H,11-12H2,1-2H3. The Hall–Kier alpha value is -2.64. The van der Waals surface area contributed by atoms with E-state index in [0.717, 1.165) is 0 Å². The van der Waals surface area contributed by atoms with Crippen LogP contribution in [0.2, 0.25) is 5.02 Å². The number of hydrogen-bond donors (Lipinski definition) is 0. The molecule has 0 saturated heterocycles. The van der Waals surface area contributed by atoms with Gasteiger partial charge in [0, 0.05) is 17.1 Å². The van der Waals surface area contributed by atoms with Crippen LogP contribution in [0.5, 0.6) is 0 Å². The molecule has 6 nitrogen and oxygen atoms in total. The molecule has 1 unspecified atom stereocenters. The predicted octanol–water partition coefficient (Wildman–Crippen LogP) is 3.98. The number of rotatable bonds is 7. The number of esters is 1. The maximum atomic E-state index is 13.0. The molecule has 8 heteroatoms.